The first-order valence-corrected chi connectivity index (χ1v) is 6.27. The SMILES string of the molecule is Cc1cnc(N2CCN(CC(=O)O)CC2)cc1[N+](=O)[O-]. The summed E-state index contributed by atoms with van der Waals surface area (Å²) in [6.07, 6.45) is 1.50. The minimum absolute atomic E-state index is 0.0231. The van der Waals surface area contributed by atoms with Crippen LogP contribution in [0.1, 0.15) is 5.56 Å². The van der Waals surface area contributed by atoms with E-state index >= 15 is 0 Å². The van der Waals surface area contributed by atoms with Crippen molar-refractivity contribution in [3.05, 3.63) is 27.9 Å². The molecule has 108 valence electrons. The number of nitrogens with zero attached hydrogens (tertiary/aromatic N) is 4. The van der Waals surface area contributed by atoms with Crippen molar-refractivity contribution < 1.29 is 14.8 Å². The molecule has 0 unspecified atom stereocenters. The van der Waals surface area contributed by atoms with E-state index in [4.69, 9.17) is 5.11 Å². The fourth-order valence-electron chi connectivity index (χ4n) is 2.20. The third-order valence-corrected chi connectivity index (χ3v) is 3.31. The maximum absolute atomic E-state index is 10.9. The minimum atomic E-state index is -0.845. The number of carbonyl (C=O) groups is 1. The predicted molar refractivity (Wildman–Crippen MR) is 71.9 cm³/mol. The summed E-state index contributed by atoms with van der Waals surface area (Å²) >= 11 is 0. The normalized spacial score (nSPS) is 16.1. The molecule has 0 bridgehead atoms. The fraction of sp³-hybridized carbons (Fsp3) is 0.500. The molecule has 0 radical (unpaired) electrons. The van der Waals surface area contributed by atoms with Crippen LogP contribution in [0.5, 0.6) is 0 Å². The van der Waals surface area contributed by atoms with Gasteiger partial charge in [-0.15, -0.1) is 0 Å². The monoisotopic (exact) mass is 280 g/mol. The average Bonchev–Trinajstić information content (AvgIpc) is 2.39. The molecule has 0 atom stereocenters. The molecule has 1 N–H and O–H groups in total. The molecular formula is C12H16N4O4. The standard InChI is InChI=1S/C12H16N4O4/c1-9-7-13-11(6-10(9)16(19)20)15-4-2-14(3-5-15)8-12(17)18/h6-7H,2-5,8H2,1H3,(H,17,18). The van der Waals surface area contributed by atoms with Gasteiger partial charge in [-0.3, -0.25) is 19.8 Å². The zero-order chi connectivity index (χ0) is 14.7. The molecule has 1 aliphatic heterocycles. The molecule has 1 fully saturated rings. The minimum Gasteiger partial charge on any atom is -0.480 e. The molecule has 0 amide bonds. The van der Waals surface area contributed by atoms with E-state index in [0.717, 1.165) is 0 Å². The zero-order valence-corrected chi connectivity index (χ0v) is 11.2. The molecule has 1 aromatic rings. The molecule has 0 saturated carbocycles. The second kappa shape index (κ2) is 5.83. The molecule has 1 aliphatic rings. The van der Waals surface area contributed by atoms with E-state index in [1.54, 1.807) is 6.92 Å². The van der Waals surface area contributed by atoms with Crippen LogP contribution in [0, 0.1) is 17.0 Å². The number of piperazine rings is 1. The number of aryl methyl sites for hydroxylation is 1. The smallest absolute Gasteiger partial charge is 0.317 e. The van der Waals surface area contributed by atoms with Crippen molar-refractivity contribution in [3.8, 4) is 0 Å². The summed E-state index contributed by atoms with van der Waals surface area (Å²) in [7, 11) is 0. The summed E-state index contributed by atoms with van der Waals surface area (Å²) in [5.41, 5.74) is 0.589. The summed E-state index contributed by atoms with van der Waals surface area (Å²) in [5, 5.41) is 19.6. The van der Waals surface area contributed by atoms with Crippen molar-refractivity contribution >= 4 is 17.5 Å². The highest BCUT2D eigenvalue weighted by Crippen LogP contribution is 2.23. The van der Waals surface area contributed by atoms with E-state index < -0.39 is 10.9 Å². The summed E-state index contributed by atoms with van der Waals surface area (Å²) < 4.78 is 0. The second-order valence-electron chi connectivity index (χ2n) is 4.74. The number of nitro groups is 1. The van der Waals surface area contributed by atoms with Gasteiger partial charge in [-0.1, -0.05) is 0 Å². The Morgan fingerprint density at radius 1 is 1.45 bits per heavy atom. The fourth-order valence-corrected chi connectivity index (χ4v) is 2.20. The van der Waals surface area contributed by atoms with Gasteiger partial charge in [0.05, 0.1) is 17.5 Å². The molecule has 20 heavy (non-hydrogen) atoms. The molecule has 0 aliphatic carbocycles. The van der Waals surface area contributed by atoms with Gasteiger partial charge in [0.2, 0.25) is 0 Å². The Morgan fingerprint density at radius 2 is 2.10 bits per heavy atom. The summed E-state index contributed by atoms with van der Waals surface area (Å²) in [5.74, 6) is -0.278. The number of pyridine rings is 1. The third kappa shape index (κ3) is 3.21. The Bertz CT molecular complexity index is 526. The van der Waals surface area contributed by atoms with Gasteiger partial charge in [-0.05, 0) is 6.92 Å². The highest BCUT2D eigenvalue weighted by Gasteiger charge is 2.21. The number of hydrogen-bond acceptors (Lipinski definition) is 6. The molecular weight excluding hydrogens is 264 g/mol. The molecule has 8 heteroatoms. The van der Waals surface area contributed by atoms with Crippen LogP contribution in [0.15, 0.2) is 12.3 Å². The Hall–Kier alpha value is -2.22. The van der Waals surface area contributed by atoms with Crippen LogP contribution in [0.4, 0.5) is 11.5 Å². The molecule has 8 nitrogen and oxygen atoms in total. The summed E-state index contributed by atoms with van der Waals surface area (Å²) in [6.45, 7) is 4.11. The molecule has 0 spiro atoms. The van der Waals surface area contributed by atoms with Gasteiger partial charge in [0.25, 0.3) is 5.69 Å². The molecule has 2 heterocycles. The van der Waals surface area contributed by atoms with E-state index in [0.29, 0.717) is 37.6 Å². The zero-order valence-electron chi connectivity index (χ0n) is 11.2. The Balaban J connectivity index is 2.05. The molecule has 2 rings (SSSR count). The van der Waals surface area contributed by atoms with Crippen LogP contribution in [0.25, 0.3) is 0 Å². The van der Waals surface area contributed by atoms with Crippen molar-refractivity contribution in [2.24, 2.45) is 0 Å². The number of rotatable bonds is 4. The lowest BCUT2D eigenvalue weighted by molar-refractivity contribution is -0.385. The van der Waals surface area contributed by atoms with E-state index in [1.165, 1.54) is 12.3 Å². The highest BCUT2D eigenvalue weighted by atomic mass is 16.6. The molecule has 1 aromatic heterocycles. The highest BCUT2D eigenvalue weighted by molar-refractivity contribution is 5.69. The number of hydrogen-bond donors (Lipinski definition) is 1. The van der Waals surface area contributed by atoms with Gasteiger partial charge in [-0.2, -0.15) is 0 Å². The summed E-state index contributed by atoms with van der Waals surface area (Å²) in [6, 6.07) is 1.47. The van der Waals surface area contributed by atoms with Crippen LogP contribution in [0.3, 0.4) is 0 Å². The number of aliphatic carboxylic acids is 1. The van der Waals surface area contributed by atoms with E-state index in [1.807, 2.05) is 9.80 Å². The predicted octanol–water partition coefficient (Wildman–Crippen LogP) is 0.505. The Labute approximate surface area is 115 Å². The maximum atomic E-state index is 10.9. The molecule has 1 saturated heterocycles. The van der Waals surface area contributed by atoms with E-state index in [2.05, 4.69) is 4.98 Å². The Morgan fingerprint density at radius 3 is 2.65 bits per heavy atom. The topological polar surface area (TPSA) is 99.8 Å². The first-order valence-electron chi connectivity index (χ1n) is 6.27. The molecule has 0 aromatic carbocycles. The van der Waals surface area contributed by atoms with Crippen molar-refractivity contribution in [1.82, 2.24) is 9.88 Å². The Kier molecular flexibility index (Phi) is 4.14. The lowest BCUT2D eigenvalue weighted by Crippen LogP contribution is -2.48. The van der Waals surface area contributed by atoms with Crippen LogP contribution in [-0.2, 0) is 4.79 Å². The van der Waals surface area contributed by atoms with Crippen molar-refractivity contribution in [1.29, 1.82) is 0 Å². The number of carboxylic acids is 1. The van der Waals surface area contributed by atoms with Gasteiger partial charge in [0.1, 0.15) is 5.82 Å². The second-order valence-corrected chi connectivity index (χ2v) is 4.74. The number of carboxylic acid groups (broad SMARTS) is 1. The largest absolute Gasteiger partial charge is 0.480 e. The van der Waals surface area contributed by atoms with Crippen LogP contribution < -0.4 is 4.90 Å². The van der Waals surface area contributed by atoms with Crippen LogP contribution in [-0.4, -0.2) is 58.6 Å². The van der Waals surface area contributed by atoms with E-state index in [-0.39, 0.29) is 12.2 Å². The van der Waals surface area contributed by atoms with Gasteiger partial charge >= 0.3 is 5.97 Å². The van der Waals surface area contributed by atoms with Crippen molar-refractivity contribution in [2.45, 2.75) is 6.92 Å². The lowest BCUT2D eigenvalue weighted by Gasteiger charge is -2.34. The first kappa shape index (κ1) is 14.2. The maximum Gasteiger partial charge on any atom is 0.317 e. The first-order chi connectivity index (χ1) is 9.47. The lowest BCUT2D eigenvalue weighted by atomic mass is 10.2. The average molecular weight is 280 g/mol. The third-order valence-electron chi connectivity index (χ3n) is 3.31. The number of anilines is 1. The van der Waals surface area contributed by atoms with Crippen LogP contribution in [0.2, 0.25) is 0 Å². The van der Waals surface area contributed by atoms with Crippen molar-refractivity contribution in [2.75, 3.05) is 37.6 Å². The number of aromatic nitrogens is 1. The van der Waals surface area contributed by atoms with Crippen molar-refractivity contribution in [3.63, 3.8) is 0 Å². The van der Waals surface area contributed by atoms with Gasteiger partial charge < -0.3 is 10.0 Å². The van der Waals surface area contributed by atoms with Gasteiger partial charge in [0.15, 0.2) is 0 Å². The van der Waals surface area contributed by atoms with Gasteiger partial charge in [0, 0.05) is 37.9 Å². The quantitative estimate of drug-likeness (QED) is 0.633. The van der Waals surface area contributed by atoms with Crippen LogP contribution >= 0.6 is 0 Å². The summed E-state index contributed by atoms with van der Waals surface area (Å²) in [4.78, 5) is 29.1. The van der Waals surface area contributed by atoms with Gasteiger partial charge in [-0.25, -0.2) is 4.98 Å². The van der Waals surface area contributed by atoms with E-state index in [9.17, 15) is 14.9 Å².